The van der Waals surface area contributed by atoms with Crippen LogP contribution in [-0.2, 0) is 4.79 Å². The lowest BCUT2D eigenvalue weighted by atomic mass is 10.0. The van der Waals surface area contributed by atoms with Crippen LogP contribution in [0.5, 0.6) is 23.1 Å². The van der Waals surface area contributed by atoms with Gasteiger partial charge in [-0.25, -0.2) is 0 Å². The SMILES string of the molecule is COc1ccccc1C(=O)Nc1ccc(-c2c(-c3ccc4c(c3)OCO4)nn(-c3cccc(C)c3)c2OC(C)=O)cc1. The Morgan fingerprint density at radius 3 is 2.40 bits per heavy atom. The molecule has 9 nitrogen and oxygen atoms in total. The topological polar surface area (TPSA) is 101 Å². The number of hydrogen-bond acceptors (Lipinski definition) is 7. The number of fused-ring (bicyclic) bond motifs is 1. The minimum Gasteiger partial charge on any atom is -0.496 e. The van der Waals surface area contributed by atoms with Gasteiger partial charge in [-0.15, -0.1) is 0 Å². The molecule has 0 radical (unpaired) electrons. The molecule has 1 amide bonds. The van der Waals surface area contributed by atoms with Crippen LogP contribution in [0, 0.1) is 6.92 Å². The standard InChI is InChI=1S/C33H27N3O6/c1-20-7-6-8-25(17-20)36-33(42-21(2)37)30(31(35-36)23-13-16-28-29(18-23)41-19-40-28)22-11-14-24(15-12-22)34-32(38)26-9-4-5-10-27(26)39-3/h4-18H,19H2,1-3H3,(H,34,38). The van der Waals surface area contributed by atoms with Gasteiger partial charge in [0.2, 0.25) is 12.7 Å². The van der Waals surface area contributed by atoms with Crippen molar-refractivity contribution in [1.82, 2.24) is 9.78 Å². The lowest BCUT2D eigenvalue weighted by Crippen LogP contribution is -2.13. The summed E-state index contributed by atoms with van der Waals surface area (Å²) in [5.74, 6) is 1.22. The Hall–Kier alpha value is -5.57. The molecule has 210 valence electrons. The maximum absolute atomic E-state index is 13.0. The first-order valence-corrected chi connectivity index (χ1v) is 13.2. The second-order valence-electron chi connectivity index (χ2n) is 9.67. The molecule has 0 saturated heterocycles. The number of para-hydroxylation sites is 1. The normalized spacial score (nSPS) is 11.7. The Labute approximate surface area is 242 Å². The number of benzene rings is 4. The zero-order chi connectivity index (χ0) is 29.2. The van der Waals surface area contributed by atoms with Gasteiger partial charge in [0.15, 0.2) is 11.5 Å². The minimum absolute atomic E-state index is 0.143. The number of carbonyl (C=O) groups is 2. The van der Waals surface area contributed by atoms with Crippen molar-refractivity contribution in [3.8, 4) is 51.2 Å². The zero-order valence-electron chi connectivity index (χ0n) is 23.2. The first-order valence-electron chi connectivity index (χ1n) is 13.2. The highest BCUT2D eigenvalue weighted by molar-refractivity contribution is 6.06. The highest BCUT2D eigenvalue weighted by atomic mass is 16.7. The fourth-order valence-electron chi connectivity index (χ4n) is 4.82. The number of ether oxygens (including phenoxy) is 4. The van der Waals surface area contributed by atoms with E-state index >= 15 is 0 Å². The van der Waals surface area contributed by atoms with Crippen LogP contribution in [0.15, 0.2) is 91.0 Å². The Morgan fingerprint density at radius 2 is 1.64 bits per heavy atom. The van der Waals surface area contributed by atoms with E-state index < -0.39 is 5.97 Å². The van der Waals surface area contributed by atoms with Crippen molar-refractivity contribution in [3.05, 3.63) is 102 Å². The summed E-state index contributed by atoms with van der Waals surface area (Å²) in [6.07, 6.45) is 0. The molecule has 42 heavy (non-hydrogen) atoms. The summed E-state index contributed by atoms with van der Waals surface area (Å²) in [6, 6.07) is 27.6. The zero-order valence-corrected chi connectivity index (χ0v) is 23.2. The van der Waals surface area contributed by atoms with Gasteiger partial charge in [0.1, 0.15) is 11.4 Å². The molecule has 1 N–H and O–H groups in total. The van der Waals surface area contributed by atoms with E-state index in [1.54, 1.807) is 41.1 Å². The Bertz CT molecular complexity index is 1810. The molecule has 0 saturated carbocycles. The van der Waals surface area contributed by atoms with E-state index in [2.05, 4.69) is 5.32 Å². The van der Waals surface area contributed by atoms with Crippen molar-refractivity contribution in [1.29, 1.82) is 0 Å². The fourth-order valence-corrected chi connectivity index (χ4v) is 4.82. The van der Waals surface area contributed by atoms with Gasteiger partial charge in [-0.1, -0.05) is 36.4 Å². The van der Waals surface area contributed by atoms with Gasteiger partial charge < -0.3 is 24.3 Å². The second-order valence-corrected chi connectivity index (χ2v) is 9.67. The molecular formula is C33H27N3O6. The smallest absolute Gasteiger partial charge is 0.309 e. The van der Waals surface area contributed by atoms with E-state index in [9.17, 15) is 9.59 Å². The largest absolute Gasteiger partial charge is 0.496 e. The van der Waals surface area contributed by atoms with Gasteiger partial charge in [-0.3, -0.25) is 9.59 Å². The summed E-state index contributed by atoms with van der Waals surface area (Å²) in [6.45, 7) is 3.48. The fraction of sp³-hybridized carbons (Fsp3) is 0.121. The maximum Gasteiger partial charge on any atom is 0.309 e. The molecule has 0 bridgehead atoms. The molecule has 6 rings (SSSR count). The molecule has 9 heteroatoms. The summed E-state index contributed by atoms with van der Waals surface area (Å²) >= 11 is 0. The van der Waals surface area contributed by atoms with Crippen LogP contribution in [0.3, 0.4) is 0 Å². The molecule has 0 atom stereocenters. The molecule has 0 aliphatic carbocycles. The highest BCUT2D eigenvalue weighted by Gasteiger charge is 2.26. The van der Waals surface area contributed by atoms with Crippen molar-refractivity contribution >= 4 is 17.6 Å². The molecule has 5 aromatic rings. The molecule has 1 aliphatic rings. The minimum atomic E-state index is -0.483. The first-order chi connectivity index (χ1) is 20.4. The van der Waals surface area contributed by atoms with E-state index in [1.807, 2.05) is 61.5 Å². The number of esters is 1. The maximum atomic E-state index is 13.0. The number of rotatable bonds is 7. The third-order valence-corrected chi connectivity index (χ3v) is 6.76. The van der Waals surface area contributed by atoms with Crippen molar-refractivity contribution < 1.29 is 28.5 Å². The Balaban J connectivity index is 1.45. The second kappa shape index (κ2) is 11.1. The van der Waals surface area contributed by atoms with E-state index in [0.717, 1.165) is 22.4 Å². The van der Waals surface area contributed by atoms with Gasteiger partial charge in [-0.05, 0) is 72.6 Å². The molecule has 2 heterocycles. The van der Waals surface area contributed by atoms with Crippen LogP contribution in [0.1, 0.15) is 22.8 Å². The van der Waals surface area contributed by atoms with Gasteiger partial charge in [0, 0.05) is 18.2 Å². The molecule has 1 aliphatic heterocycles. The number of methoxy groups -OCH3 is 1. The van der Waals surface area contributed by atoms with Crippen LogP contribution < -0.4 is 24.3 Å². The van der Waals surface area contributed by atoms with Crippen LogP contribution in [0.4, 0.5) is 5.69 Å². The number of anilines is 1. The molecule has 0 fully saturated rings. The Kier molecular flexibility index (Phi) is 7.06. The predicted octanol–water partition coefficient (Wildman–Crippen LogP) is 6.43. The number of aryl methyl sites for hydroxylation is 1. The van der Waals surface area contributed by atoms with Gasteiger partial charge in [-0.2, -0.15) is 9.78 Å². The van der Waals surface area contributed by atoms with Crippen molar-refractivity contribution in [3.63, 3.8) is 0 Å². The summed E-state index contributed by atoms with van der Waals surface area (Å²) in [5, 5.41) is 7.85. The van der Waals surface area contributed by atoms with E-state index in [0.29, 0.717) is 39.8 Å². The van der Waals surface area contributed by atoms with Crippen molar-refractivity contribution in [2.45, 2.75) is 13.8 Å². The van der Waals surface area contributed by atoms with Crippen LogP contribution in [0.25, 0.3) is 28.1 Å². The average Bonchev–Trinajstić information content (AvgIpc) is 3.61. The van der Waals surface area contributed by atoms with E-state index in [1.165, 1.54) is 14.0 Å². The monoisotopic (exact) mass is 561 g/mol. The number of carbonyl (C=O) groups excluding carboxylic acids is 2. The predicted molar refractivity (Wildman–Crippen MR) is 158 cm³/mol. The van der Waals surface area contributed by atoms with Crippen LogP contribution in [0.2, 0.25) is 0 Å². The van der Waals surface area contributed by atoms with Gasteiger partial charge in [0.05, 0.1) is 23.9 Å². The summed E-state index contributed by atoms with van der Waals surface area (Å²) in [5.41, 5.74) is 5.43. The van der Waals surface area contributed by atoms with Gasteiger partial charge >= 0.3 is 5.97 Å². The molecule has 4 aromatic carbocycles. The number of nitrogens with one attached hydrogen (secondary N) is 1. The third-order valence-electron chi connectivity index (χ3n) is 6.76. The number of nitrogens with zero attached hydrogens (tertiary/aromatic N) is 2. The first kappa shape index (κ1) is 26.6. The quantitative estimate of drug-likeness (QED) is 0.229. The van der Waals surface area contributed by atoms with Crippen LogP contribution in [-0.4, -0.2) is 35.6 Å². The molecule has 0 unspecified atom stereocenters. The molecular weight excluding hydrogens is 534 g/mol. The third kappa shape index (κ3) is 5.15. The lowest BCUT2D eigenvalue weighted by Gasteiger charge is -2.11. The van der Waals surface area contributed by atoms with E-state index in [-0.39, 0.29) is 18.6 Å². The van der Waals surface area contributed by atoms with Crippen molar-refractivity contribution in [2.75, 3.05) is 19.2 Å². The lowest BCUT2D eigenvalue weighted by molar-refractivity contribution is -0.132. The summed E-state index contributed by atoms with van der Waals surface area (Å²) in [4.78, 5) is 25.3. The average molecular weight is 562 g/mol. The number of hydrogen-bond donors (Lipinski definition) is 1. The highest BCUT2D eigenvalue weighted by Crippen LogP contribution is 2.44. The van der Waals surface area contributed by atoms with Crippen LogP contribution >= 0.6 is 0 Å². The molecule has 0 spiro atoms. The number of amides is 1. The summed E-state index contributed by atoms with van der Waals surface area (Å²) < 4.78 is 23.9. The molecule has 1 aromatic heterocycles. The van der Waals surface area contributed by atoms with Crippen molar-refractivity contribution in [2.24, 2.45) is 0 Å². The number of aromatic nitrogens is 2. The van der Waals surface area contributed by atoms with Gasteiger partial charge in [0.25, 0.3) is 5.91 Å². The summed E-state index contributed by atoms with van der Waals surface area (Å²) in [7, 11) is 1.52. The van der Waals surface area contributed by atoms with E-state index in [4.69, 9.17) is 24.0 Å². The Morgan fingerprint density at radius 1 is 0.881 bits per heavy atom.